The van der Waals surface area contributed by atoms with Gasteiger partial charge in [0.15, 0.2) is 0 Å². The van der Waals surface area contributed by atoms with Crippen LogP contribution in [-0.2, 0) is 10.1 Å². The lowest BCUT2D eigenvalue weighted by Gasteiger charge is -2.02. The molecule has 66 valence electrons. The summed E-state index contributed by atoms with van der Waals surface area (Å²) in [5.74, 6) is -0.403. The minimum Gasteiger partial charge on any atom is -0.506 e. The zero-order valence-corrected chi connectivity index (χ0v) is 7.17. The van der Waals surface area contributed by atoms with Crippen LogP contribution in [0.15, 0.2) is 23.1 Å². The van der Waals surface area contributed by atoms with Gasteiger partial charge in [0, 0.05) is 0 Å². The van der Waals surface area contributed by atoms with E-state index in [9.17, 15) is 13.5 Å². The molecule has 0 fully saturated rings. The Bertz CT molecular complexity index is 394. The van der Waals surface area contributed by atoms with Crippen LogP contribution in [0.1, 0.15) is 5.56 Å². The first-order valence-corrected chi connectivity index (χ1v) is 4.63. The predicted molar refractivity (Wildman–Crippen MR) is 42.7 cm³/mol. The standard InChI is InChI=1S/C7H8O4S/c1-5-3-2-4-6(7(5)8)12(9,10)11/h2-4,8H,1H3,(H,9,10,11). The second-order valence-electron chi connectivity index (χ2n) is 2.40. The summed E-state index contributed by atoms with van der Waals surface area (Å²) < 4.78 is 29.8. The zero-order valence-electron chi connectivity index (χ0n) is 6.35. The van der Waals surface area contributed by atoms with E-state index in [-0.39, 0.29) is 0 Å². The summed E-state index contributed by atoms with van der Waals surface area (Å²) in [6, 6.07) is 4.12. The molecule has 2 N–H and O–H groups in total. The molecule has 0 heterocycles. The van der Waals surface area contributed by atoms with Crippen LogP contribution in [0.25, 0.3) is 0 Å². The highest BCUT2D eigenvalue weighted by Gasteiger charge is 2.15. The Morgan fingerprint density at radius 3 is 2.33 bits per heavy atom. The van der Waals surface area contributed by atoms with Crippen molar-refractivity contribution in [2.75, 3.05) is 0 Å². The molecule has 0 unspecified atom stereocenters. The molecule has 0 radical (unpaired) electrons. The zero-order chi connectivity index (χ0) is 9.35. The second-order valence-corrected chi connectivity index (χ2v) is 3.79. The molecule has 0 aliphatic heterocycles. The van der Waals surface area contributed by atoms with Gasteiger partial charge < -0.3 is 5.11 Å². The number of aryl methyl sites for hydroxylation is 1. The molecule has 0 saturated heterocycles. The van der Waals surface area contributed by atoms with Crippen LogP contribution < -0.4 is 0 Å². The number of para-hydroxylation sites is 1. The summed E-state index contributed by atoms with van der Waals surface area (Å²) in [5, 5.41) is 9.19. The topological polar surface area (TPSA) is 74.6 Å². The lowest BCUT2D eigenvalue weighted by Crippen LogP contribution is -1.98. The molecule has 0 bridgehead atoms. The Morgan fingerprint density at radius 1 is 1.33 bits per heavy atom. The average molecular weight is 188 g/mol. The predicted octanol–water partition coefficient (Wildman–Crippen LogP) is 0.947. The molecular formula is C7H8O4S. The quantitative estimate of drug-likeness (QED) is 0.643. The Hall–Kier alpha value is -1.07. The highest BCUT2D eigenvalue weighted by Crippen LogP contribution is 2.25. The number of phenols is 1. The third-order valence-corrected chi connectivity index (χ3v) is 2.36. The Labute approximate surface area is 70.2 Å². The maximum absolute atomic E-state index is 10.6. The monoisotopic (exact) mass is 188 g/mol. The van der Waals surface area contributed by atoms with Crippen molar-refractivity contribution in [3.05, 3.63) is 23.8 Å². The maximum atomic E-state index is 10.6. The van der Waals surface area contributed by atoms with Crippen LogP contribution >= 0.6 is 0 Å². The van der Waals surface area contributed by atoms with Gasteiger partial charge in [0.2, 0.25) is 0 Å². The molecule has 1 aromatic carbocycles. The third-order valence-electron chi connectivity index (χ3n) is 1.48. The van der Waals surface area contributed by atoms with E-state index in [1.807, 2.05) is 0 Å². The van der Waals surface area contributed by atoms with Crippen LogP contribution in [0.3, 0.4) is 0 Å². The minimum atomic E-state index is -4.31. The molecule has 0 aliphatic carbocycles. The summed E-state index contributed by atoms with van der Waals surface area (Å²) >= 11 is 0. The largest absolute Gasteiger partial charge is 0.506 e. The van der Waals surface area contributed by atoms with Crippen LogP contribution in [0.4, 0.5) is 0 Å². The van der Waals surface area contributed by atoms with E-state index in [0.717, 1.165) is 6.07 Å². The fraction of sp³-hybridized carbons (Fsp3) is 0.143. The first-order valence-electron chi connectivity index (χ1n) is 3.19. The van der Waals surface area contributed by atoms with Crippen molar-refractivity contribution in [2.45, 2.75) is 11.8 Å². The number of phenolic OH excluding ortho intramolecular Hbond substituents is 1. The van der Waals surface area contributed by atoms with Crippen molar-refractivity contribution in [1.29, 1.82) is 0 Å². The second kappa shape index (κ2) is 2.76. The molecular weight excluding hydrogens is 180 g/mol. The van der Waals surface area contributed by atoms with Crippen molar-refractivity contribution in [2.24, 2.45) is 0 Å². The summed E-state index contributed by atoms with van der Waals surface area (Å²) in [7, 11) is -4.31. The summed E-state index contributed by atoms with van der Waals surface area (Å²) in [4.78, 5) is -0.456. The van der Waals surface area contributed by atoms with Gasteiger partial charge in [-0.3, -0.25) is 4.55 Å². The van der Waals surface area contributed by atoms with Gasteiger partial charge >= 0.3 is 0 Å². The van der Waals surface area contributed by atoms with Gasteiger partial charge in [0.25, 0.3) is 10.1 Å². The van der Waals surface area contributed by atoms with Gasteiger partial charge in [-0.15, -0.1) is 0 Å². The normalized spacial score (nSPS) is 11.5. The van der Waals surface area contributed by atoms with Gasteiger partial charge in [-0.25, -0.2) is 0 Å². The fourth-order valence-electron chi connectivity index (χ4n) is 0.840. The molecule has 0 spiro atoms. The Kier molecular flexibility index (Phi) is 2.08. The maximum Gasteiger partial charge on any atom is 0.298 e. The molecule has 1 aromatic rings. The molecule has 0 aromatic heterocycles. The van der Waals surface area contributed by atoms with Gasteiger partial charge in [-0.05, 0) is 18.6 Å². The van der Waals surface area contributed by atoms with Gasteiger partial charge in [0.05, 0.1) is 0 Å². The number of hydrogen-bond acceptors (Lipinski definition) is 3. The van der Waals surface area contributed by atoms with Gasteiger partial charge in [-0.1, -0.05) is 12.1 Å². The van der Waals surface area contributed by atoms with E-state index in [2.05, 4.69) is 0 Å². The van der Waals surface area contributed by atoms with Crippen LogP contribution in [0.2, 0.25) is 0 Å². The van der Waals surface area contributed by atoms with E-state index in [1.165, 1.54) is 6.07 Å². The molecule has 0 aliphatic rings. The number of aromatic hydroxyl groups is 1. The van der Waals surface area contributed by atoms with Crippen molar-refractivity contribution >= 4 is 10.1 Å². The highest BCUT2D eigenvalue weighted by molar-refractivity contribution is 7.86. The fourth-order valence-corrected chi connectivity index (χ4v) is 1.50. The lowest BCUT2D eigenvalue weighted by molar-refractivity contribution is 0.440. The van der Waals surface area contributed by atoms with Crippen LogP contribution in [-0.4, -0.2) is 18.1 Å². The molecule has 1 rings (SSSR count). The smallest absolute Gasteiger partial charge is 0.298 e. The van der Waals surface area contributed by atoms with Crippen molar-refractivity contribution in [3.8, 4) is 5.75 Å². The molecule has 0 saturated carbocycles. The average Bonchev–Trinajstić information content (AvgIpc) is 1.92. The van der Waals surface area contributed by atoms with Crippen LogP contribution in [0, 0.1) is 6.92 Å². The van der Waals surface area contributed by atoms with Gasteiger partial charge in [-0.2, -0.15) is 8.42 Å². The van der Waals surface area contributed by atoms with E-state index >= 15 is 0 Å². The summed E-state index contributed by atoms with van der Waals surface area (Å²) in [5.41, 5.74) is 0.408. The van der Waals surface area contributed by atoms with E-state index < -0.39 is 20.8 Å². The SMILES string of the molecule is Cc1cccc(S(=O)(=O)O)c1O. The molecule has 0 atom stereocenters. The van der Waals surface area contributed by atoms with Crippen LogP contribution in [0.5, 0.6) is 5.75 Å². The van der Waals surface area contributed by atoms with Crippen molar-refractivity contribution < 1.29 is 18.1 Å². The van der Waals surface area contributed by atoms with Gasteiger partial charge in [0.1, 0.15) is 10.6 Å². The molecule has 4 nitrogen and oxygen atoms in total. The molecule has 12 heavy (non-hydrogen) atoms. The van der Waals surface area contributed by atoms with Crippen molar-refractivity contribution in [3.63, 3.8) is 0 Å². The Balaban J connectivity index is 3.47. The number of benzene rings is 1. The first-order chi connectivity index (χ1) is 5.43. The van der Waals surface area contributed by atoms with Crippen molar-refractivity contribution in [1.82, 2.24) is 0 Å². The number of rotatable bonds is 1. The van der Waals surface area contributed by atoms with E-state index in [0.29, 0.717) is 5.56 Å². The third kappa shape index (κ3) is 1.57. The molecule has 5 heteroatoms. The summed E-state index contributed by atoms with van der Waals surface area (Å²) in [6.07, 6.45) is 0. The highest BCUT2D eigenvalue weighted by atomic mass is 32.2. The van der Waals surface area contributed by atoms with E-state index in [4.69, 9.17) is 4.55 Å². The number of hydrogen-bond donors (Lipinski definition) is 2. The van der Waals surface area contributed by atoms with E-state index in [1.54, 1.807) is 13.0 Å². The lowest BCUT2D eigenvalue weighted by atomic mass is 10.2. The molecule has 0 amide bonds. The summed E-state index contributed by atoms with van der Waals surface area (Å²) in [6.45, 7) is 1.55. The Morgan fingerprint density at radius 2 is 1.92 bits per heavy atom. The minimum absolute atomic E-state index is 0.403. The first kappa shape index (κ1) is 9.02.